The van der Waals surface area contributed by atoms with Crippen molar-refractivity contribution in [3.05, 3.63) is 36.7 Å². The van der Waals surface area contributed by atoms with Crippen LogP contribution in [0.4, 0.5) is 4.79 Å². The lowest BCUT2D eigenvalue weighted by Gasteiger charge is -2.15. The van der Waals surface area contributed by atoms with Gasteiger partial charge in [0.1, 0.15) is 18.2 Å². The molecule has 4 rings (SSSR count). The van der Waals surface area contributed by atoms with Gasteiger partial charge in [-0.3, -0.25) is 4.98 Å². The van der Waals surface area contributed by atoms with E-state index >= 15 is 0 Å². The van der Waals surface area contributed by atoms with Gasteiger partial charge in [-0.25, -0.2) is 4.79 Å². The number of aromatic hydroxyl groups is 1. The minimum absolute atomic E-state index is 0.0433. The number of hydrogen-bond acceptors (Lipinski definition) is 8. The average Bonchev–Trinajstić information content (AvgIpc) is 3.49. The SMILES string of the molecule is C[Si](C)(C)CCOCn1nnnc1-c1cncc(-c2cc(OC(=O)NC3CCCC3)ccc2O)c1. The molecule has 35 heavy (non-hydrogen) atoms. The topological polar surface area (TPSA) is 124 Å². The third kappa shape index (κ3) is 6.86. The summed E-state index contributed by atoms with van der Waals surface area (Å²) in [5, 5.41) is 25.3. The number of ether oxygens (including phenoxy) is 2. The van der Waals surface area contributed by atoms with Gasteiger partial charge in [0.2, 0.25) is 0 Å². The molecule has 0 aliphatic heterocycles. The van der Waals surface area contributed by atoms with Crippen LogP contribution in [0.1, 0.15) is 25.7 Å². The predicted octanol–water partition coefficient (Wildman–Crippen LogP) is 4.45. The van der Waals surface area contributed by atoms with Crippen LogP contribution in [0.2, 0.25) is 25.7 Å². The molecule has 186 valence electrons. The van der Waals surface area contributed by atoms with Crippen LogP contribution in [0.15, 0.2) is 36.7 Å². The van der Waals surface area contributed by atoms with Gasteiger partial charge in [-0.2, -0.15) is 4.68 Å². The van der Waals surface area contributed by atoms with Crippen LogP contribution in [0, 0.1) is 0 Å². The van der Waals surface area contributed by atoms with Crippen molar-refractivity contribution >= 4 is 14.2 Å². The molecule has 0 saturated heterocycles. The Morgan fingerprint density at radius 2 is 1.94 bits per heavy atom. The number of amides is 1. The Morgan fingerprint density at radius 3 is 2.71 bits per heavy atom. The van der Waals surface area contributed by atoms with Crippen LogP contribution >= 0.6 is 0 Å². The Balaban J connectivity index is 1.48. The van der Waals surface area contributed by atoms with Gasteiger partial charge in [0, 0.05) is 49.8 Å². The van der Waals surface area contributed by atoms with Crippen molar-refractivity contribution in [2.75, 3.05) is 6.61 Å². The number of benzene rings is 1. The van der Waals surface area contributed by atoms with Crippen molar-refractivity contribution in [1.82, 2.24) is 30.5 Å². The van der Waals surface area contributed by atoms with Gasteiger partial charge in [-0.1, -0.05) is 32.5 Å². The number of pyridine rings is 1. The van der Waals surface area contributed by atoms with Gasteiger partial charge in [-0.05, 0) is 53.6 Å². The Morgan fingerprint density at radius 1 is 1.17 bits per heavy atom. The molecule has 10 nitrogen and oxygen atoms in total. The first-order valence-corrected chi connectivity index (χ1v) is 15.6. The second kappa shape index (κ2) is 11.0. The summed E-state index contributed by atoms with van der Waals surface area (Å²) in [6.45, 7) is 7.79. The normalized spacial score (nSPS) is 14.3. The molecule has 2 N–H and O–H groups in total. The van der Waals surface area contributed by atoms with Crippen molar-refractivity contribution in [2.24, 2.45) is 0 Å². The highest BCUT2D eigenvalue weighted by Gasteiger charge is 2.19. The van der Waals surface area contributed by atoms with Crippen LogP contribution < -0.4 is 10.1 Å². The fourth-order valence-corrected chi connectivity index (χ4v) is 4.68. The van der Waals surface area contributed by atoms with Crippen LogP contribution in [-0.4, -0.2) is 57.1 Å². The highest BCUT2D eigenvalue weighted by Crippen LogP contribution is 2.34. The molecule has 1 saturated carbocycles. The Kier molecular flexibility index (Phi) is 7.76. The fraction of sp³-hybridized carbons (Fsp3) is 0.458. The number of aromatic nitrogens is 5. The van der Waals surface area contributed by atoms with Gasteiger partial charge in [-0.15, -0.1) is 5.10 Å². The van der Waals surface area contributed by atoms with E-state index in [1.54, 1.807) is 29.2 Å². The summed E-state index contributed by atoms with van der Waals surface area (Å²) in [5.74, 6) is 0.885. The number of hydrogen-bond donors (Lipinski definition) is 2. The molecule has 0 spiro atoms. The smallest absolute Gasteiger partial charge is 0.412 e. The molecule has 1 aliphatic carbocycles. The lowest BCUT2D eigenvalue weighted by atomic mass is 10.0. The third-order valence-corrected chi connectivity index (χ3v) is 7.61. The number of phenols is 1. The van der Waals surface area contributed by atoms with E-state index in [1.165, 1.54) is 6.07 Å². The lowest BCUT2D eigenvalue weighted by molar-refractivity contribution is 0.0784. The summed E-state index contributed by atoms with van der Waals surface area (Å²) in [6.07, 6.45) is 6.96. The Bertz CT molecular complexity index is 1160. The molecular formula is C24H32N6O4Si. The number of phenolic OH excluding ortho intramolecular Hbond substituents is 1. The van der Waals surface area contributed by atoms with Gasteiger partial charge in [0.05, 0.1) is 0 Å². The maximum absolute atomic E-state index is 12.3. The number of tetrazole rings is 1. The largest absolute Gasteiger partial charge is 0.507 e. The highest BCUT2D eigenvalue weighted by molar-refractivity contribution is 6.76. The number of rotatable bonds is 9. The monoisotopic (exact) mass is 496 g/mol. The number of carbonyl (C=O) groups is 1. The van der Waals surface area contributed by atoms with E-state index in [1.807, 2.05) is 6.07 Å². The summed E-state index contributed by atoms with van der Waals surface area (Å²) in [7, 11) is -1.19. The zero-order valence-corrected chi connectivity index (χ0v) is 21.4. The summed E-state index contributed by atoms with van der Waals surface area (Å²) >= 11 is 0. The van der Waals surface area contributed by atoms with E-state index in [0.29, 0.717) is 34.9 Å². The Hall–Kier alpha value is -3.31. The van der Waals surface area contributed by atoms with E-state index < -0.39 is 14.2 Å². The number of carbonyl (C=O) groups excluding carboxylic acids is 1. The molecular weight excluding hydrogens is 464 g/mol. The molecule has 11 heteroatoms. The van der Waals surface area contributed by atoms with E-state index in [9.17, 15) is 9.90 Å². The maximum Gasteiger partial charge on any atom is 0.412 e. The maximum atomic E-state index is 12.3. The van der Waals surface area contributed by atoms with E-state index in [4.69, 9.17) is 9.47 Å². The van der Waals surface area contributed by atoms with Crippen molar-refractivity contribution in [3.63, 3.8) is 0 Å². The van der Waals surface area contributed by atoms with E-state index in [0.717, 1.165) is 31.7 Å². The molecule has 1 aliphatic rings. The molecule has 1 aromatic carbocycles. The Labute approximate surface area is 205 Å². The van der Waals surface area contributed by atoms with Crippen LogP contribution in [0.3, 0.4) is 0 Å². The number of nitrogens with one attached hydrogen (secondary N) is 1. The molecule has 2 aromatic heterocycles. The first-order valence-electron chi connectivity index (χ1n) is 11.9. The zero-order valence-electron chi connectivity index (χ0n) is 20.4. The zero-order chi connectivity index (χ0) is 24.8. The minimum atomic E-state index is -1.19. The van der Waals surface area contributed by atoms with Crippen molar-refractivity contribution < 1.29 is 19.4 Å². The molecule has 0 radical (unpaired) electrons. The highest BCUT2D eigenvalue weighted by atomic mass is 28.3. The standard InChI is InChI=1S/C24H32N6O4Si/c1-35(2,3)11-10-33-16-30-23(27-28-29-30)18-12-17(14-25-15-18)21-13-20(8-9-22(21)31)34-24(32)26-19-6-4-5-7-19/h8-9,12-15,19,31H,4-7,10-11,16H2,1-3H3,(H,26,32). The first kappa shape index (κ1) is 24.8. The van der Waals surface area contributed by atoms with Crippen LogP contribution in [-0.2, 0) is 11.5 Å². The first-order chi connectivity index (χ1) is 16.8. The van der Waals surface area contributed by atoms with Gasteiger partial charge in [0.25, 0.3) is 0 Å². The molecule has 2 heterocycles. The number of nitrogens with zero attached hydrogens (tertiary/aromatic N) is 5. The van der Waals surface area contributed by atoms with E-state index in [-0.39, 0.29) is 18.5 Å². The lowest BCUT2D eigenvalue weighted by Crippen LogP contribution is -2.34. The predicted molar refractivity (Wildman–Crippen MR) is 134 cm³/mol. The van der Waals surface area contributed by atoms with Crippen molar-refractivity contribution in [2.45, 2.75) is 64.1 Å². The van der Waals surface area contributed by atoms with Crippen LogP contribution in [0.5, 0.6) is 11.5 Å². The molecule has 1 amide bonds. The summed E-state index contributed by atoms with van der Waals surface area (Å²) in [4.78, 5) is 16.6. The fourth-order valence-electron chi connectivity index (χ4n) is 3.92. The quantitative estimate of drug-likeness (QED) is 0.329. The van der Waals surface area contributed by atoms with Gasteiger partial charge >= 0.3 is 6.09 Å². The molecule has 0 bridgehead atoms. The molecule has 3 aromatic rings. The second-order valence-electron chi connectivity index (χ2n) is 10.0. The van der Waals surface area contributed by atoms with Crippen molar-refractivity contribution in [1.29, 1.82) is 0 Å². The molecule has 0 unspecified atom stereocenters. The average molecular weight is 497 g/mol. The van der Waals surface area contributed by atoms with E-state index in [2.05, 4.69) is 45.5 Å². The third-order valence-electron chi connectivity index (χ3n) is 5.91. The summed E-state index contributed by atoms with van der Waals surface area (Å²) in [5.41, 5.74) is 1.79. The summed E-state index contributed by atoms with van der Waals surface area (Å²) < 4.78 is 12.8. The summed E-state index contributed by atoms with van der Waals surface area (Å²) in [6, 6.07) is 7.71. The molecule has 1 fully saturated rings. The second-order valence-corrected chi connectivity index (χ2v) is 15.6. The van der Waals surface area contributed by atoms with Crippen molar-refractivity contribution in [3.8, 4) is 34.0 Å². The van der Waals surface area contributed by atoms with Gasteiger partial charge in [0.15, 0.2) is 5.82 Å². The molecule has 0 atom stereocenters. The van der Waals surface area contributed by atoms with Gasteiger partial charge < -0.3 is 19.9 Å². The minimum Gasteiger partial charge on any atom is -0.507 e. The van der Waals surface area contributed by atoms with Crippen LogP contribution in [0.25, 0.3) is 22.5 Å².